The van der Waals surface area contributed by atoms with Crippen LogP contribution in [0.25, 0.3) is 11.5 Å². The van der Waals surface area contributed by atoms with E-state index < -0.39 is 4.92 Å². The van der Waals surface area contributed by atoms with E-state index in [1.54, 1.807) is 29.4 Å². The molecule has 0 amide bonds. The quantitative estimate of drug-likeness (QED) is 0.423. The van der Waals surface area contributed by atoms with Gasteiger partial charge in [-0.15, -0.1) is 0 Å². The Hall–Kier alpha value is -3.49. The lowest BCUT2D eigenvalue weighted by atomic mass is 10.2. The number of furan rings is 1. The number of pyridine rings is 1. The van der Waals surface area contributed by atoms with Crippen LogP contribution >= 0.6 is 0 Å². The zero-order valence-corrected chi connectivity index (χ0v) is 12.8. The average Bonchev–Trinajstić information content (AvgIpc) is 3.22. The summed E-state index contributed by atoms with van der Waals surface area (Å²) in [6.45, 7) is 2.59. The largest absolute Gasteiger partial charge is 0.433 e. The molecule has 3 aromatic rings. The minimum absolute atomic E-state index is 0.313. The number of aryl methyl sites for hydroxylation is 1. The summed E-state index contributed by atoms with van der Waals surface area (Å²) in [5.41, 5.74) is 3.96. The van der Waals surface area contributed by atoms with Gasteiger partial charge in [-0.05, 0) is 25.1 Å². The van der Waals surface area contributed by atoms with E-state index in [4.69, 9.17) is 4.42 Å². The Morgan fingerprint density at radius 2 is 2.29 bits per heavy atom. The Morgan fingerprint density at radius 1 is 1.42 bits per heavy atom. The normalized spacial score (nSPS) is 11.0. The van der Waals surface area contributed by atoms with Gasteiger partial charge in [0.2, 0.25) is 0 Å². The number of hydrazone groups is 1. The standard InChI is InChI=1S/C15H14N6O3/c1-2-20-10-11(9-17-18-13-5-3-4-8-16-13)15(19-20)12-6-7-14(24-12)21(22)23/h3-10H,2H2,1H3,(H,16,18). The monoisotopic (exact) mass is 326 g/mol. The number of rotatable bonds is 6. The third-order valence-corrected chi connectivity index (χ3v) is 3.17. The molecule has 0 bridgehead atoms. The van der Waals surface area contributed by atoms with Crippen molar-refractivity contribution >= 4 is 17.9 Å². The number of anilines is 1. The number of nitrogens with zero attached hydrogens (tertiary/aromatic N) is 5. The number of hydrogen-bond donors (Lipinski definition) is 1. The Balaban J connectivity index is 1.86. The van der Waals surface area contributed by atoms with Crippen molar-refractivity contribution in [3.05, 3.63) is 58.4 Å². The highest BCUT2D eigenvalue weighted by Gasteiger charge is 2.18. The van der Waals surface area contributed by atoms with Crippen LogP contribution in [0, 0.1) is 10.1 Å². The molecule has 0 spiro atoms. The molecule has 0 radical (unpaired) electrons. The summed E-state index contributed by atoms with van der Waals surface area (Å²) in [7, 11) is 0. The second-order valence-electron chi connectivity index (χ2n) is 4.77. The Morgan fingerprint density at radius 3 is 2.96 bits per heavy atom. The fraction of sp³-hybridized carbons (Fsp3) is 0.133. The van der Waals surface area contributed by atoms with Gasteiger partial charge in [0.15, 0.2) is 5.76 Å². The van der Waals surface area contributed by atoms with Crippen molar-refractivity contribution < 1.29 is 9.34 Å². The highest BCUT2D eigenvalue weighted by molar-refractivity contribution is 5.87. The van der Waals surface area contributed by atoms with Crippen LogP contribution in [0.1, 0.15) is 12.5 Å². The lowest BCUT2D eigenvalue weighted by Gasteiger charge is -1.97. The van der Waals surface area contributed by atoms with Crippen LogP contribution in [-0.4, -0.2) is 25.9 Å². The predicted octanol–water partition coefficient (Wildman–Crippen LogP) is 2.91. The lowest BCUT2D eigenvalue weighted by molar-refractivity contribution is -0.401. The number of nitrogens with one attached hydrogen (secondary N) is 1. The molecule has 1 N–H and O–H groups in total. The number of aromatic nitrogens is 3. The third-order valence-electron chi connectivity index (χ3n) is 3.17. The summed E-state index contributed by atoms with van der Waals surface area (Å²) >= 11 is 0. The van der Waals surface area contributed by atoms with E-state index in [0.717, 1.165) is 0 Å². The van der Waals surface area contributed by atoms with Crippen molar-refractivity contribution in [3.8, 4) is 11.5 Å². The zero-order valence-electron chi connectivity index (χ0n) is 12.8. The first-order chi connectivity index (χ1) is 11.7. The van der Waals surface area contributed by atoms with Crippen LogP contribution in [0.3, 0.4) is 0 Å². The molecular weight excluding hydrogens is 312 g/mol. The molecule has 0 atom stereocenters. The molecule has 0 aliphatic carbocycles. The predicted molar refractivity (Wildman–Crippen MR) is 87.7 cm³/mol. The molecule has 3 rings (SSSR count). The topological polar surface area (TPSA) is 111 Å². The van der Waals surface area contributed by atoms with E-state index in [-0.39, 0.29) is 5.88 Å². The van der Waals surface area contributed by atoms with Gasteiger partial charge in [0.1, 0.15) is 16.4 Å². The fourth-order valence-electron chi connectivity index (χ4n) is 2.03. The van der Waals surface area contributed by atoms with E-state index in [9.17, 15) is 10.1 Å². The van der Waals surface area contributed by atoms with Gasteiger partial charge >= 0.3 is 5.88 Å². The van der Waals surface area contributed by atoms with Crippen LogP contribution in [-0.2, 0) is 6.54 Å². The van der Waals surface area contributed by atoms with Crippen molar-refractivity contribution in [3.63, 3.8) is 0 Å². The van der Waals surface area contributed by atoms with E-state index in [1.165, 1.54) is 12.1 Å². The number of hydrogen-bond acceptors (Lipinski definition) is 7. The SMILES string of the molecule is CCn1cc(C=NNc2ccccn2)c(-c2ccc([N+](=O)[O-])o2)n1. The first kappa shape index (κ1) is 15.4. The first-order valence-electron chi connectivity index (χ1n) is 7.19. The van der Waals surface area contributed by atoms with E-state index in [2.05, 4.69) is 20.6 Å². The van der Waals surface area contributed by atoms with E-state index >= 15 is 0 Å². The molecule has 0 aromatic carbocycles. The smallest absolute Gasteiger partial charge is 0.399 e. The summed E-state index contributed by atoms with van der Waals surface area (Å²) < 4.78 is 6.93. The Kier molecular flexibility index (Phi) is 4.32. The molecule has 0 aliphatic heterocycles. The van der Waals surface area contributed by atoms with Crippen molar-refractivity contribution in [2.45, 2.75) is 13.5 Å². The summed E-state index contributed by atoms with van der Waals surface area (Å²) in [6, 6.07) is 8.25. The van der Waals surface area contributed by atoms with Gasteiger partial charge in [-0.25, -0.2) is 4.98 Å². The molecule has 0 unspecified atom stereocenters. The van der Waals surface area contributed by atoms with Gasteiger partial charge in [0.25, 0.3) is 0 Å². The highest BCUT2D eigenvalue weighted by atomic mass is 16.6. The maximum Gasteiger partial charge on any atom is 0.433 e. The molecule has 9 heteroatoms. The lowest BCUT2D eigenvalue weighted by Crippen LogP contribution is -1.93. The van der Waals surface area contributed by atoms with Crippen molar-refractivity contribution in [1.29, 1.82) is 0 Å². The molecule has 0 saturated carbocycles. The van der Waals surface area contributed by atoms with Crippen molar-refractivity contribution in [1.82, 2.24) is 14.8 Å². The molecule has 0 saturated heterocycles. The maximum atomic E-state index is 10.8. The summed E-state index contributed by atoms with van der Waals surface area (Å²) in [4.78, 5) is 14.3. The van der Waals surface area contributed by atoms with Gasteiger partial charge in [0.05, 0.1) is 12.3 Å². The maximum absolute atomic E-state index is 10.8. The molecule has 24 heavy (non-hydrogen) atoms. The zero-order chi connectivity index (χ0) is 16.9. The third kappa shape index (κ3) is 3.29. The van der Waals surface area contributed by atoms with Gasteiger partial charge in [-0.3, -0.25) is 20.2 Å². The van der Waals surface area contributed by atoms with Crippen LogP contribution in [0.2, 0.25) is 0 Å². The van der Waals surface area contributed by atoms with Crippen LogP contribution in [0.5, 0.6) is 0 Å². The van der Waals surface area contributed by atoms with Crippen LogP contribution < -0.4 is 5.43 Å². The summed E-state index contributed by atoms with van der Waals surface area (Å²) in [5.74, 6) is 0.588. The first-order valence-corrected chi connectivity index (χ1v) is 7.19. The number of nitro groups is 1. The van der Waals surface area contributed by atoms with Crippen molar-refractivity contribution in [2.24, 2.45) is 5.10 Å². The molecular formula is C15H14N6O3. The molecule has 3 aromatic heterocycles. The van der Waals surface area contributed by atoms with E-state index in [0.29, 0.717) is 29.4 Å². The second-order valence-corrected chi connectivity index (χ2v) is 4.77. The van der Waals surface area contributed by atoms with Gasteiger partial charge in [0, 0.05) is 24.5 Å². The average molecular weight is 326 g/mol. The fourth-order valence-corrected chi connectivity index (χ4v) is 2.03. The Labute approximate surface area is 136 Å². The minimum Gasteiger partial charge on any atom is -0.399 e. The van der Waals surface area contributed by atoms with Crippen LogP contribution in [0.15, 0.2) is 52.2 Å². The molecule has 9 nitrogen and oxygen atoms in total. The van der Waals surface area contributed by atoms with Gasteiger partial charge in [-0.1, -0.05) is 6.07 Å². The summed E-state index contributed by atoms with van der Waals surface area (Å²) in [6.07, 6.45) is 5.01. The molecule has 3 heterocycles. The molecule has 0 aliphatic rings. The summed E-state index contributed by atoms with van der Waals surface area (Å²) in [5, 5.41) is 19.2. The van der Waals surface area contributed by atoms with Crippen molar-refractivity contribution in [2.75, 3.05) is 5.43 Å². The van der Waals surface area contributed by atoms with E-state index in [1.807, 2.05) is 19.1 Å². The Bertz CT molecular complexity index is 868. The molecule has 122 valence electrons. The van der Waals surface area contributed by atoms with Crippen LogP contribution in [0.4, 0.5) is 11.7 Å². The van der Waals surface area contributed by atoms with Gasteiger partial charge < -0.3 is 4.42 Å². The minimum atomic E-state index is -0.587. The van der Waals surface area contributed by atoms with Gasteiger partial charge in [-0.2, -0.15) is 10.2 Å². The highest BCUT2D eigenvalue weighted by Crippen LogP contribution is 2.27. The second kappa shape index (κ2) is 6.73. The molecule has 0 fully saturated rings.